The lowest BCUT2D eigenvalue weighted by molar-refractivity contribution is 0.650. The van der Waals surface area contributed by atoms with Crippen molar-refractivity contribution in [1.82, 2.24) is 9.78 Å². The van der Waals surface area contributed by atoms with Gasteiger partial charge in [0.15, 0.2) is 0 Å². The highest BCUT2D eigenvalue weighted by Crippen LogP contribution is 2.33. The van der Waals surface area contributed by atoms with Crippen LogP contribution in [-0.4, -0.2) is 16.3 Å². The minimum Gasteiger partial charge on any atom is -0.330 e. The molecule has 0 bridgehead atoms. The Bertz CT molecular complexity index is 301. The monoisotopic (exact) mass is 165 g/mol. The average Bonchev–Trinajstić information content (AvgIpc) is 2.55. The highest BCUT2D eigenvalue weighted by molar-refractivity contribution is 5.34. The van der Waals surface area contributed by atoms with Crippen molar-refractivity contribution in [2.24, 2.45) is 12.8 Å². The first-order valence-corrected chi connectivity index (χ1v) is 4.46. The number of rotatable bonds is 1. The quantitative estimate of drug-likeness (QED) is 0.666. The van der Waals surface area contributed by atoms with Crippen molar-refractivity contribution in [1.29, 1.82) is 0 Å². The first-order chi connectivity index (χ1) is 5.74. The lowest BCUT2D eigenvalue weighted by atomic mass is 10.0. The molecule has 0 fully saturated rings. The summed E-state index contributed by atoms with van der Waals surface area (Å²) in [6.07, 6.45) is 2.35. The van der Waals surface area contributed by atoms with Crippen LogP contribution < -0.4 is 5.73 Å². The van der Waals surface area contributed by atoms with Gasteiger partial charge in [0, 0.05) is 24.2 Å². The van der Waals surface area contributed by atoms with E-state index in [4.69, 9.17) is 5.73 Å². The van der Waals surface area contributed by atoms with Gasteiger partial charge in [-0.1, -0.05) is 0 Å². The molecule has 0 aliphatic heterocycles. The summed E-state index contributed by atoms with van der Waals surface area (Å²) in [5.41, 5.74) is 9.67. The molecule has 1 heterocycles. The van der Waals surface area contributed by atoms with Gasteiger partial charge >= 0.3 is 0 Å². The Morgan fingerprint density at radius 2 is 2.42 bits per heavy atom. The van der Waals surface area contributed by atoms with E-state index in [0.29, 0.717) is 5.92 Å². The summed E-state index contributed by atoms with van der Waals surface area (Å²) in [6.45, 7) is 2.84. The second-order valence-corrected chi connectivity index (χ2v) is 3.54. The van der Waals surface area contributed by atoms with Crippen molar-refractivity contribution < 1.29 is 0 Å². The van der Waals surface area contributed by atoms with E-state index in [0.717, 1.165) is 13.0 Å². The Balaban J connectivity index is 2.49. The number of aromatic nitrogens is 2. The normalized spacial score (nSPS) is 21.4. The van der Waals surface area contributed by atoms with Gasteiger partial charge in [-0.3, -0.25) is 4.68 Å². The fourth-order valence-electron chi connectivity index (χ4n) is 2.24. The second kappa shape index (κ2) is 2.59. The van der Waals surface area contributed by atoms with Crippen molar-refractivity contribution in [3.8, 4) is 0 Å². The molecule has 1 aromatic rings. The third kappa shape index (κ3) is 0.894. The van der Waals surface area contributed by atoms with Crippen molar-refractivity contribution in [3.63, 3.8) is 0 Å². The maximum atomic E-state index is 5.69. The highest BCUT2D eigenvalue weighted by Gasteiger charge is 2.26. The smallest absolute Gasteiger partial charge is 0.0631 e. The lowest BCUT2D eigenvalue weighted by Gasteiger charge is -2.05. The maximum Gasteiger partial charge on any atom is 0.0631 e. The van der Waals surface area contributed by atoms with Crippen LogP contribution in [-0.2, 0) is 13.5 Å². The van der Waals surface area contributed by atoms with Crippen LogP contribution in [0, 0.1) is 6.92 Å². The summed E-state index contributed by atoms with van der Waals surface area (Å²) >= 11 is 0. The molecule has 1 aromatic heterocycles. The topological polar surface area (TPSA) is 43.8 Å². The number of fused-ring (bicyclic) bond motifs is 1. The number of nitrogens with two attached hydrogens (primary N) is 1. The zero-order valence-corrected chi connectivity index (χ0v) is 7.67. The van der Waals surface area contributed by atoms with Crippen molar-refractivity contribution in [2.75, 3.05) is 6.54 Å². The minimum absolute atomic E-state index is 0.564. The first kappa shape index (κ1) is 7.80. The van der Waals surface area contributed by atoms with E-state index < -0.39 is 0 Å². The molecule has 0 spiro atoms. The van der Waals surface area contributed by atoms with E-state index in [1.807, 2.05) is 11.7 Å². The van der Waals surface area contributed by atoms with E-state index in [2.05, 4.69) is 12.0 Å². The van der Waals surface area contributed by atoms with Crippen LogP contribution in [0.2, 0.25) is 0 Å². The largest absolute Gasteiger partial charge is 0.330 e. The standard InChI is InChI=1S/C9H15N3/c1-6-9-7(5-10)3-4-8(9)12(2)11-6/h7H,3-5,10H2,1-2H3. The van der Waals surface area contributed by atoms with E-state index in [1.54, 1.807) is 0 Å². The van der Waals surface area contributed by atoms with Gasteiger partial charge < -0.3 is 5.73 Å². The zero-order chi connectivity index (χ0) is 8.72. The molecule has 2 rings (SSSR count). The van der Waals surface area contributed by atoms with Gasteiger partial charge in [-0.15, -0.1) is 0 Å². The Kier molecular flexibility index (Phi) is 1.68. The number of hydrogen-bond acceptors (Lipinski definition) is 2. The van der Waals surface area contributed by atoms with Gasteiger partial charge in [0.05, 0.1) is 5.69 Å². The van der Waals surface area contributed by atoms with Crippen LogP contribution in [0.5, 0.6) is 0 Å². The summed E-state index contributed by atoms with van der Waals surface area (Å²) < 4.78 is 2.00. The van der Waals surface area contributed by atoms with Gasteiger partial charge in [0.2, 0.25) is 0 Å². The van der Waals surface area contributed by atoms with Crippen LogP contribution in [0.1, 0.15) is 29.3 Å². The molecule has 1 unspecified atom stereocenters. The number of hydrogen-bond donors (Lipinski definition) is 1. The number of aryl methyl sites for hydroxylation is 2. The van der Waals surface area contributed by atoms with E-state index >= 15 is 0 Å². The molecule has 3 nitrogen and oxygen atoms in total. The molecule has 0 amide bonds. The summed E-state index contributed by atoms with van der Waals surface area (Å²) in [7, 11) is 2.02. The van der Waals surface area contributed by atoms with E-state index in [9.17, 15) is 0 Å². The Labute approximate surface area is 72.6 Å². The summed E-state index contributed by atoms with van der Waals surface area (Å²) in [5, 5.41) is 4.39. The van der Waals surface area contributed by atoms with Gasteiger partial charge in [0.25, 0.3) is 0 Å². The highest BCUT2D eigenvalue weighted by atomic mass is 15.3. The molecular formula is C9H15N3. The first-order valence-electron chi connectivity index (χ1n) is 4.46. The third-order valence-electron chi connectivity index (χ3n) is 2.81. The number of nitrogens with zero attached hydrogens (tertiary/aromatic N) is 2. The Morgan fingerprint density at radius 3 is 3.08 bits per heavy atom. The van der Waals surface area contributed by atoms with E-state index in [-0.39, 0.29) is 0 Å². The molecule has 0 aromatic carbocycles. The van der Waals surface area contributed by atoms with Gasteiger partial charge in [-0.05, 0) is 26.3 Å². The van der Waals surface area contributed by atoms with Crippen molar-refractivity contribution in [3.05, 3.63) is 17.0 Å². The SMILES string of the molecule is Cc1nn(C)c2c1C(CN)CC2. The maximum absolute atomic E-state index is 5.69. The molecule has 2 N–H and O–H groups in total. The molecule has 66 valence electrons. The average molecular weight is 165 g/mol. The molecular weight excluding hydrogens is 150 g/mol. The second-order valence-electron chi connectivity index (χ2n) is 3.54. The Hall–Kier alpha value is -0.830. The van der Waals surface area contributed by atoms with Crippen LogP contribution in [0.25, 0.3) is 0 Å². The molecule has 1 atom stereocenters. The molecule has 1 aliphatic rings. The molecule has 0 saturated carbocycles. The van der Waals surface area contributed by atoms with Gasteiger partial charge in [-0.2, -0.15) is 5.10 Å². The van der Waals surface area contributed by atoms with Crippen LogP contribution in [0.15, 0.2) is 0 Å². The van der Waals surface area contributed by atoms with Crippen molar-refractivity contribution >= 4 is 0 Å². The predicted octanol–water partition coefficient (Wildman–Crippen LogP) is 0.717. The summed E-state index contributed by atoms with van der Waals surface area (Å²) in [6, 6.07) is 0. The summed E-state index contributed by atoms with van der Waals surface area (Å²) in [4.78, 5) is 0. The third-order valence-corrected chi connectivity index (χ3v) is 2.81. The van der Waals surface area contributed by atoms with E-state index in [1.165, 1.54) is 23.4 Å². The molecule has 3 heteroatoms. The summed E-state index contributed by atoms with van der Waals surface area (Å²) in [5.74, 6) is 0.564. The lowest BCUT2D eigenvalue weighted by Crippen LogP contribution is -2.09. The van der Waals surface area contributed by atoms with Gasteiger partial charge in [-0.25, -0.2) is 0 Å². The fourth-order valence-corrected chi connectivity index (χ4v) is 2.24. The van der Waals surface area contributed by atoms with Gasteiger partial charge in [0.1, 0.15) is 0 Å². The predicted molar refractivity (Wildman–Crippen MR) is 48.1 cm³/mol. The molecule has 0 radical (unpaired) electrons. The van der Waals surface area contributed by atoms with Crippen molar-refractivity contribution in [2.45, 2.75) is 25.7 Å². The molecule has 0 saturated heterocycles. The van der Waals surface area contributed by atoms with Crippen LogP contribution >= 0.6 is 0 Å². The zero-order valence-electron chi connectivity index (χ0n) is 7.67. The van der Waals surface area contributed by atoms with Crippen LogP contribution in [0.4, 0.5) is 0 Å². The molecule has 12 heavy (non-hydrogen) atoms. The Morgan fingerprint density at radius 1 is 1.67 bits per heavy atom. The minimum atomic E-state index is 0.564. The van der Waals surface area contributed by atoms with Crippen LogP contribution in [0.3, 0.4) is 0 Å². The fraction of sp³-hybridized carbons (Fsp3) is 0.667. The molecule has 1 aliphatic carbocycles.